The van der Waals surface area contributed by atoms with E-state index in [9.17, 15) is 4.79 Å². The third-order valence-electron chi connectivity index (χ3n) is 3.19. The van der Waals surface area contributed by atoms with Gasteiger partial charge in [-0.2, -0.15) is 0 Å². The second-order valence-electron chi connectivity index (χ2n) is 4.80. The Balaban J connectivity index is 1.83. The molecule has 2 aliphatic heterocycles. The van der Waals surface area contributed by atoms with Crippen LogP contribution >= 0.6 is 0 Å². The van der Waals surface area contributed by atoms with Crippen LogP contribution in [0.25, 0.3) is 0 Å². The fraction of sp³-hybridized carbons (Fsp3) is 0.909. The maximum absolute atomic E-state index is 11.0. The van der Waals surface area contributed by atoms with Gasteiger partial charge in [0.25, 0.3) is 0 Å². The highest BCUT2D eigenvalue weighted by Crippen LogP contribution is 2.27. The van der Waals surface area contributed by atoms with Gasteiger partial charge in [-0.05, 0) is 32.1 Å². The van der Waals surface area contributed by atoms with Crippen LogP contribution in [0.5, 0.6) is 0 Å². The quantitative estimate of drug-likeness (QED) is 0.735. The summed E-state index contributed by atoms with van der Waals surface area (Å²) >= 11 is 0. The number of nitrogens with one attached hydrogen (secondary N) is 1. The molecular weight excluding hydrogens is 194 g/mol. The van der Waals surface area contributed by atoms with Crippen molar-refractivity contribution in [1.82, 2.24) is 5.32 Å². The molecule has 1 amide bonds. The zero-order chi connectivity index (χ0) is 10.7. The Morgan fingerprint density at radius 3 is 3.07 bits per heavy atom. The summed E-state index contributed by atoms with van der Waals surface area (Å²) in [6.45, 7) is 4.63. The van der Waals surface area contributed by atoms with Crippen molar-refractivity contribution < 1.29 is 14.3 Å². The van der Waals surface area contributed by atoms with Crippen molar-refractivity contribution in [3.05, 3.63) is 0 Å². The molecule has 2 rings (SSSR count). The minimum Gasteiger partial charge on any atom is -0.381 e. The van der Waals surface area contributed by atoms with Gasteiger partial charge in [0.15, 0.2) is 0 Å². The molecule has 4 heteroatoms. The van der Waals surface area contributed by atoms with E-state index in [0.717, 1.165) is 26.1 Å². The van der Waals surface area contributed by atoms with Gasteiger partial charge >= 0.3 is 0 Å². The van der Waals surface area contributed by atoms with Crippen LogP contribution in [0.2, 0.25) is 0 Å². The summed E-state index contributed by atoms with van der Waals surface area (Å²) in [6, 6.07) is 0. The maximum Gasteiger partial charge on any atom is 0.246 e. The summed E-state index contributed by atoms with van der Waals surface area (Å²) in [7, 11) is 0. The summed E-state index contributed by atoms with van der Waals surface area (Å²) < 4.78 is 11.1. The molecule has 1 N–H and O–H groups in total. The molecule has 4 nitrogen and oxygen atoms in total. The van der Waals surface area contributed by atoms with Crippen molar-refractivity contribution in [3.8, 4) is 0 Å². The number of ether oxygens (including phenoxy) is 2. The first-order valence-corrected chi connectivity index (χ1v) is 5.66. The molecule has 0 aliphatic carbocycles. The largest absolute Gasteiger partial charge is 0.381 e. The first kappa shape index (κ1) is 10.9. The predicted octanol–water partition coefficient (Wildman–Crippen LogP) is 0.708. The van der Waals surface area contributed by atoms with Crippen LogP contribution in [0.4, 0.5) is 0 Å². The van der Waals surface area contributed by atoms with Gasteiger partial charge in [-0.25, -0.2) is 0 Å². The Bertz CT molecular complexity index is 226. The number of hydrogen-bond acceptors (Lipinski definition) is 3. The lowest BCUT2D eigenvalue weighted by molar-refractivity contribution is -0.145. The van der Waals surface area contributed by atoms with Gasteiger partial charge in [-0.3, -0.25) is 4.79 Å². The van der Waals surface area contributed by atoms with Crippen LogP contribution in [0.15, 0.2) is 0 Å². The molecule has 2 aliphatic rings. The summed E-state index contributed by atoms with van der Waals surface area (Å²) in [4.78, 5) is 11.0. The lowest BCUT2D eigenvalue weighted by Gasteiger charge is -2.37. The van der Waals surface area contributed by atoms with Crippen molar-refractivity contribution >= 4 is 5.91 Å². The molecule has 0 saturated carbocycles. The number of amides is 1. The number of carbonyl (C=O) groups is 1. The van der Waals surface area contributed by atoms with E-state index in [1.165, 1.54) is 6.42 Å². The molecule has 0 aromatic heterocycles. The summed E-state index contributed by atoms with van der Waals surface area (Å²) in [6.07, 6.45) is 3.34. The molecule has 2 unspecified atom stereocenters. The topological polar surface area (TPSA) is 47.6 Å². The van der Waals surface area contributed by atoms with E-state index in [2.05, 4.69) is 12.2 Å². The van der Waals surface area contributed by atoms with Crippen molar-refractivity contribution in [2.45, 2.75) is 31.8 Å². The third kappa shape index (κ3) is 2.92. The fourth-order valence-corrected chi connectivity index (χ4v) is 2.34. The van der Waals surface area contributed by atoms with Gasteiger partial charge in [0.1, 0.15) is 6.61 Å². The average molecular weight is 213 g/mol. The van der Waals surface area contributed by atoms with E-state index in [0.29, 0.717) is 12.5 Å². The van der Waals surface area contributed by atoms with Crippen LogP contribution < -0.4 is 5.32 Å². The summed E-state index contributed by atoms with van der Waals surface area (Å²) in [5.41, 5.74) is -0.195. The normalized spacial score (nSPS) is 37.4. The number of carbonyl (C=O) groups excluding carboxylic acids is 1. The van der Waals surface area contributed by atoms with E-state index in [4.69, 9.17) is 9.47 Å². The predicted molar refractivity (Wildman–Crippen MR) is 55.5 cm³/mol. The molecule has 86 valence electrons. The SMILES string of the molecule is CC1(CC2CCCOC2)CNC(=O)CO1. The minimum atomic E-state index is -0.195. The second-order valence-corrected chi connectivity index (χ2v) is 4.80. The van der Waals surface area contributed by atoms with Gasteiger partial charge in [0.2, 0.25) is 5.91 Å². The van der Waals surface area contributed by atoms with Gasteiger partial charge in [0, 0.05) is 19.8 Å². The average Bonchev–Trinajstić information content (AvgIpc) is 2.24. The highest BCUT2D eigenvalue weighted by molar-refractivity contribution is 5.77. The van der Waals surface area contributed by atoms with Crippen LogP contribution in [0.1, 0.15) is 26.2 Å². The van der Waals surface area contributed by atoms with Crippen molar-refractivity contribution in [2.75, 3.05) is 26.4 Å². The van der Waals surface area contributed by atoms with Crippen LogP contribution in [0, 0.1) is 5.92 Å². The lowest BCUT2D eigenvalue weighted by atomic mass is 9.87. The smallest absolute Gasteiger partial charge is 0.246 e. The van der Waals surface area contributed by atoms with Gasteiger partial charge in [0.05, 0.1) is 5.60 Å². The van der Waals surface area contributed by atoms with Crippen molar-refractivity contribution in [3.63, 3.8) is 0 Å². The molecule has 2 atom stereocenters. The molecular formula is C11H19NO3. The van der Waals surface area contributed by atoms with Crippen molar-refractivity contribution in [2.24, 2.45) is 5.92 Å². The highest BCUT2D eigenvalue weighted by Gasteiger charge is 2.34. The Hall–Kier alpha value is -0.610. The van der Waals surface area contributed by atoms with Crippen molar-refractivity contribution in [1.29, 1.82) is 0 Å². The molecule has 0 radical (unpaired) electrons. The Kier molecular flexibility index (Phi) is 3.26. The molecule has 2 fully saturated rings. The zero-order valence-corrected chi connectivity index (χ0v) is 9.25. The van der Waals surface area contributed by atoms with Gasteiger partial charge in [-0.15, -0.1) is 0 Å². The van der Waals surface area contributed by atoms with Crippen LogP contribution in [0.3, 0.4) is 0 Å². The lowest BCUT2D eigenvalue weighted by Crippen LogP contribution is -2.51. The van der Waals surface area contributed by atoms with E-state index in [-0.39, 0.29) is 18.1 Å². The van der Waals surface area contributed by atoms with Gasteiger partial charge < -0.3 is 14.8 Å². The monoisotopic (exact) mass is 213 g/mol. The van der Waals surface area contributed by atoms with Gasteiger partial charge in [-0.1, -0.05) is 0 Å². The van der Waals surface area contributed by atoms with Crippen LogP contribution in [-0.4, -0.2) is 37.9 Å². The molecule has 15 heavy (non-hydrogen) atoms. The fourth-order valence-electron chi connectivity index (χ4n) is 2.34. The molecule has 2 saturated heterocycles. The Morgan fingerprint density at radius 1 is 1.60 bits per heavy atom. The standard InChI is InChI=1S/C11H19NO3/c1-11(8-12-10(13)7-15-11)5-9-3-2-4-14-6-9/h9H,2-8H2,1H3,(H,12,13). The number of rotatable bonds is 2. The second kappa shape index (κ2) is 4.49. The Morgan fingerprint density at radius 2 is 2.47 bits per heavy atom. The molecule has 0 bridgehead atoms. The zero-order valence-electron chi connectivity index (χ0n) is 9.25. The Labute approximate surface area is 90.3 Å². The summed E-state index contributed by atoms with van der Waals surface area (Å²) in [5, 5.41) is 2.86. The first-order valence-electron chi connectivity index (χ1n) is 5.66. The third-order valence-corrected chi connectivity index (χ3v) is 3.19. The molecule has 2 heterocycles. The minimum absolute atomic E-state index is 0.00707. The first-order chi connectivity index (χ1) is 7.18. The van der Waals surface area contributed by atoms with E-state index < -0.39 is 0 Å². The highest BCUT2D eigenvalue weighted by atomic mass is 16.5. The number of hydrogen-bond donors (Lipinski definition) is 1. The molecule has 0 aromatic carbocycles. The number of morpholine rings is 1. The maximum atomic E-state index is 11.0. The summed E-state index contributed by atoms with van der Waals surface area (Å²) in [5.74, 6) is 0.575. The van der Waals surface area contributed by atoms with Crippen LogP contribution in [-0.2, 0) is 14.3 Å². The molecule has 0 spiro atoms. The van der Waals surface area contributed by atoms with E-state index >= 15 is 0 Å². The van der Waals surface area contributed by atoms with E-state index in [1.54, 1.807) is 0 Å². The van der Waals surface area contributed by atoms with E-state index in [1.807, 2.05) is 0 Å². The molecule has 0 aromatic rings.